The molecule has 4 aromatic rings. The van der Waals surface area contributed by atoms with Crippen LogP contribution >= 0.6 is 0 Å². The third-order valence-electron chi connectivity index (χ3n) is 5.78. The van der Waals surface area contributed by atoms with Crippen LogP contribution in [-0.4, -0.2) is 22.4 Å². The van der Waals surface area contributed by atoms with Crippen LogP contribution in [0.15, 0.2) is 77.3 Å². The molecular formula is C25H22N2O3. The van der Waals surface area contributed by atoms with Gasteiger partial charge in [0.25, 0.3) is 0 Å². The quantitative estimate of drug-likeness (QED) is 0.456. The van der Waals surface area contributed by atoms with Crippen LogP contribution in [0.3, 0.4) is 0 Å². The number of aromatic hydroxyl groups is 1. The number of rotatable bonds is 5. The van der Waals surface area contributed by atoms with Crippen LogP contribution in [0.2, 0.25) is 0 Å². The van der Waals surface area contributed by atoms with Crippen LogP contribution in [-0.2, 0) is 0 Å². The first-order valence-corrected chi connectivity index (χ1v) is 10.2. The topological polar surface area (TPSA) is 75.4 Å². The molecule has 5 nitrogen and oxygen atoms in total. The van der Waals surface area contributed by atoms with Crippen LogP contribution in [0.25, 0.3) is 22.1 Å². The Hall–Kier alpha value is -3.44. The molecule has 1 fully saturated rings. The zero-order valence-corrected chi connectivity index (χ0v) is 16.4. The molecule has 5 heteroatoms. The fraction of sp³-hybridized carbons (Fsp3) is 0.200. The largest absolute Gasteiger partial charge is 0.507 e. The highest BCUT2D eigenvalue weighted by Crippen LogP contribution is 2.34. The van der Waals surface area contributed by atoms with Crippen molar-refractivity contribution in [1.82, 2.24) is 10.3 Å². The molecule has 30 heavy (non-hydrogen) atoms. The summed E-state index contributed by atoms with van der Waals surface area (Å²) >= 11 is 0. The van der Waals surface area contributed by atoms with Crippen molar-refractivity contribution in [3.63, 3.8) is 0 Å². The number of phenols is 1. The standard InChI is InChI=1S/C25H22N2O3/c28-22(20-11-10-17-6-4-5-9-19(17)24(20)29)13-16-12-21(26-14-16)25-27-15-23(30-25)18-7-2-1-3-8-18/h1-11,15-16,21,26,29H,12-14H2/t16-,21+/m1/s1. The predicted molar refractivity (Wildman–Crippen MR) is 115 cm³/mol. The summed E-state index contributed by atoms with van der Waals surface area (Å²) in [6.45, 7) is 0.716. The summed E-state index contributed by atoms with van der Waals surface area (Å²) in [5.74, 6) is 1.59. The van der Waals surface area contributed by atoms with Crippen LogP contribution in [0.5, 0.6) is 5.75 Å². The second kappa shape index (κ2) is 7.76. The van der Waals surface area contributed by atoms with Gasteiger partial charge in [-0.15, -0.1) is 0 Å². The molecule has 0 bridgehead atoms. The average Bonchev–Trinajstić information content (AvgIpc) is 3.44. The Balaban J connectivity index is 1.27. The molecule has 1 aliphatic rings. The minimum Gasteiger partial charge on any atom is -0.507 e. The number of fused-ring (bicyclic) bond motifs is 1. The number of carbonyl (C=O) groups excluding carboxylic acids is 1. The van der Waals surface area contributed by atoms with E-state index < -0.39 is 0 Å². The van der Waals surface area contributed by atoms with E-state index in [1.165, 1.54) is 0 Å². The Labute approximate surface area is 174 Å². The summed E-state index contributed by atoms with van der Waals surface area (Å²) in [6, 6.07) is 21.0. The van der Waals surface area contributed by atoms with Crippen LogP contribution in [0.1, 0.15) is 35.1 Å². The van der Waals surface area contributed by atoms with Crippen LogP contribution in [0.4, 0.5) is 0 Å². The van der Waals surface area contributed by atoms with E-state index >= 15 is 0 Å². The highest BCUT2D eigenvalue weighted by molar-refractivity contribution is 6.04. The molecule has 0 radical (unpaired) electrons. The van der Waals surface area contributed by atoms with Crippen LogP contribution < -0.4 is 5.32 Å². The van der Waals surface area contributed by atoms with Gasteiger partial charge in [0, 0.05) is 17.4 Å². The Bertz CT molecular complexity index is 1200. The lowest BCUT2D eigenvalue weighted by atomic mass is 9.94. The lowest BCUT2D eigenvalue weighted by molar-refractivity contribution is 0.0961. The molecule has 0 saturated carbocycles. The van der Waals surface area contributed by atoms with Gasteiger partial charge in [0.2, 0.25) is 5.89 Å². The predicted octanol–water partition coefficient (Wildman–Crippen LogP) is 5.12. The summed E-state index contributed by atoms with van der Waals surface area (Å²) < 4.78 is 5.96. The summed E-state index contributed by atoms with van der Waals surface area (Å²) in [7, 11) is 0. The highest BCUT2D eigenvalue weighted by Gasteiger charge is 2.31. The van der Waals surface area contributed by atoms with Gasteiger partial charge >= 0.3 is 0 Å². The van der Waals surface area contributed by atoms with E-state index in [0.29, 0.717) is 29.8 Å². The third-order valence-corrected chi connectivity index (χ3v) is 5.78. The zero-order valence-electron chi connectivity index (χ0n) is 16.4. The number of carbonyl (C=O) groups is 1. The number of nitrogens with zero attached hydrogens (tertiary/aromatic N) is 1. The van der Waals surface area contributed by atoms with E-state index in [1.807, 2.05) is 60.7 Å². The van der Waals surface area contributed by atoms with Crippen molar-refractivity contribution in [2.24, 2.45) is 5.92 Å². The minimum absolute atomic E-state index is 0.00883. The molecule has 2 heterocycles. The van der Waals surface area contributed by atoms with Crippen LogP contribution in [0, 0.1) is 5.92 Å². The van der Waals surface area contributed by atoms with E-state index in [4.69, 9.17) is 4.42 Å². The van der Waals surface area contributed by atoms with Gasteiger partial charge in [0.1, 0.15) is 5.75 Å². The number of nitrogens with one attached hydrogen (secondary N) is 1. The summed E-state index contributed by atoms with van der Waals surface area (Å²) in [5.41, 5.74) is 1.38. The van der Waals surface area contributed by atoms with Crippen molar-refractivity contribution in [3.05, 3.63) is 84.4 Å². The van der Waals surface area contributed by atoms with Gasteiger partial charge in [-0.25, -0.2) is 4.98 Å². The smallest absolute Gasteiger partial charge is 0.212 e. The number of Topliss-reactive ketones (excluding diaryl/α,β-unsaturated/α-hetero) is 1. The van der Waals surface area contributed by atoms with E-state index in [-0.39, 0.29) is 23.5 Å². The second-order valence-electron chi connectivity index (χ2n) is 7.80. The Morgan fingerprint density at radius 1 is 1.07 bits per heavy atom. The van der Waals surface area contributed by atoms with Crippen molar-refractivity contribution in [3.8, 4) is 17.1 Å². The number of hydrogen-bond acceptors (Lipinski definition) is 5. The van der Waals surface area contributed by atoms with E-state index in [2.05, 4.69) is 10.3 Å². The number of hydrogen-bond donors (Lipinski definition) is 2. The lowest BCUT2D eigenvalue weighted by Gasteiger charge is -2.10. The van der Waals surface area contributed by atoms with Crippen molar-refractivity contribution in [1.29, 1.82) is 0 Å². The monoisotopic (exact) mass is 398 g/mol. The van der Waals surface area contributed by atoms with Crippen molar-refractivity contribution < 1.29 is 14.3 Å². The molecule has 0 spiro atoms. The minimum atomic E-state index is -0.0388. The maximum atomic E-state index is 12.9. The lowest BCUT2D eigenvalue weighted by Crippen LogP contribution is -2.15. The van der Waals surface area contributed by atoms with Gasteiger partial charge in [-0.1, -0.05) is 60.7 Å². The molecule has 1 aliphatic heterocycles. The van der Waals surface area contributed by atoms with Crippen molar-refractivity contribution in [2.75, 3.05) is 6.54 Å². The number of benzene rings is 3. The first kappa shape index (κ1) is 18.6. The summed E-state index contributed by atoms with van der Waals surface area (Å²) in [5, 5.41) is 15.6. The molecule has 0 unspecified atom stereocenters. The first-order chi connectivity index (χ1) is 14.7. The van der Waals surface area contributed by atoms with E-state index in [9.17, 15) is 9.90 Å². The highest BCUT2D eigenvalue weighted by atomic mass is 16.4. The third kappa shape index (κ3) is 3.48. The van der Waals surface area contributed by atoms with E-state index in [1.54, 1.807) is 12.3 Å². The molecule has 0 aliphatic carbocycles. The average molecular weight is 398 g/mol. The van der Waals surface area contributed by atoms with Gasteiger partial charge < -0.3 is 14.8 Å². The first-order valence-electron chi connectivity index (χ1n) is 10.2. The number of oxazole rings is 1. The summed E-state index contributed by atoms with van der Waals surface area (Å²) in [4.78, 5) is 17.3. The van der Waals surface area contributed by atoms with Gasteiger partial charge in [-0.05, 0) is 30.3 Å². The Morgan fingerprint density at radius 2 is 1.87 bits per heavy atom. The van der Waals surface area contributed by atoms with Gasteiger partial charge in [0.05, 0.1) is 17.8 Å². The molecule has 5 rings (SSSR count). The molecule has 1 aromatic heterocycles. The fourth-order valence-electron chi connectivity index (χ4n) is 4.19. The zero-order chi connectivity index (χ0) is 20.5. The van der Waals surface area contributed by atoms with Gasteiger partial charge in [0.15, 0.2) is 11.5 Å². The summed E-state index contributed by atoms with van der Waals surface area (Å²) in [6.07, 6.45) is 2.90. The van der Waals surface area contributed by atoms with Crippen molar-refractivity contribution in [2.45, 2.75) is 18.9 Å². The maximum Gasteiger partial charge on any atom is 0.212 e. The number of aromatic nitrogens is 1. The maximum absolute atomic E-state index is 12.9. The Morgan fingerprint density at radius 3 is 2.73 bits per heavy atom. The van der Waals surface area contributed by atoms with Gasteiger partial charge in [-0.3, -0.25) is 4.79 Å². The second-order valence-corrected chi connectivity index (χ2v) is 7.80. The molecule has 150 valence electrons. The fourth-order valence-corrected chi connectivity index (χ4v) is 4.19. The normalized spacial score (nSPS) is 18.7. The molecule has 2 atom stereocenters. The Kier molecular flexibility index (Phi) is 4.81. The molecular weight excluding hydrogens is 376 g/mol. The number of ketones is 1. The number of phenolic OH excluding ortho intramolecular Hbond substituents is 1. The van der Waals surface area contributed by atoms with Crippen molar-refractivity contribution >= 4 is 16.6 Å². The molecule has 2 N–H and O–H groups in total. The molecule has 0 amide bonds. The molecule has 3 aromatic carbocycles. The SMILES string of the molecule is O=C(C[C@@H]1CN[C@H](c2ncc(-c3ccccc3)o2)C1)c1ccc2ccccc2c1O. The molecule has 1 saturated heterocycles. The van der Waals surface area contributed by atoms with E-state index in [0.717, 1.165) is 23.1 Å². The van der Waals surface area contributed by atoms with Gasteiger partial charge in [-0.2, -0.15) is 0 Å².